The summed E-state index contributed by atoms with van der Waals surface area (Å²) in [6.07, 6.45) is 4.67. The predicted octanol–water partition coefficient (Wildman–Crippen LogP) is 1.04. The smallest absolute Gasteiger partial charge is 0.387 e. The fraction of sp³-hybridized carbons (Fsp3) is 0.880. The van der Waals surface area contributed by atoms with Crippen molar-refractivity contribution in [1.29, 1.82) is 0 Å². The number of nitrogens with one attached hydrogen (secondary N) is 1. The van der Waals surface area contributed by atoms with Crippen molar-refractivity contribution in [3.8, 4) is 0 Å². The molecule has 3 unspecified atom stereocenters. The van der Waals surface area contributed by atoms with Crippen LogP contribution in [0.25, 0.3) is 0 Å². The number of rotatable bonds is 21. The van der Waals surface area contributed by atoms with Crippen LogP contribution in [0.5, 0.6) is 0 Å². The predicted molar refractivity (Wildman–Crippen MR) is 140 cm³/mol. The second-order valence-electron chi connectivity index (χ2n) is 9.92. The average Bonchev–Trinajstić information content (AvgIpc) is 2.89. The highest BCUT2D eigenvalue weighted by Gasteiger charge is 2.51. The molecular formula is C25H48NO11P. The third-order valence-corrected chi connectivity index (χ3v) is 7.73. The van der Waals surface area contributed by atoms with Crippen molar-refractivity contribution in [1.82, 2.24) is 5.32 Å². The van der Waals surface area contributed by atoms with Crippen molar-refractivity contribution < 1.29 is 53.9 Å². The van der Waals surface area contributed by atoms with Crippen LogP contribution in [0.4, 0.5) is 0 Å². The molecule has 0 aromatic heterocycles. The molecule has 0 aromatic carbocycles. The molecule has 9 atom stereocenters. The number of hydrogen-bond donors (Lipinski definition) is 8. The molecule has 0 bridgehead atoms. The lowest BCUT2D eigenvalue weighted by atomic mass is 9.85. The molecule has 0 aliphatic heterocycles. The molecule has 1 aliphatic rings. The van der Waals surface area contributed by atoms with Gasteiger partial charge in [-0.15, -0.1) is 0 Å². The highest BCUT2D eigenvalue weighted by Crippen LogP contribution is 2.47. The van der Waals surface area contributed by atoms with E-state index in [0.717, 1.165) is 25.7 Å². The van der Waals surface area contributed by atoms with Gasteiger partial charge >= 0.3 is 7.82 Å². The topological polar surface area (TPSA) is 206 Å². The summed E-state index contributed by atoms with van der Waals surface area (Å²) >= 11 is 0. The van der Waals surface area contributed by atoms with Gasteiger partial charge in [-0.3, -0.25) is 13.8 Å². The number of unbranched alkanes of at least 4 members (excludes halogenated alkanes) is 11. The Morgan fingerprint density at radius 3 is 1.79 bits per heavy atom. The van der Waals surface area contributed by atoms with Gasteiger partial charge in [0.15, 0.2) is 0 Å². The number of carbonyl (C=O) groups excluding carboxylic acids is 1. The van der Waals surface area contributed by atoms with Crippen LogP contribution < -0.4 is 5.32 Å². The van der Waals surface area contributed by atoms with E-state index in [1.807, 2.05) is 0 Å². The van der Waals surface area contributed by atoms with Gasteiger partial charge in [-0.2, -0.15) is 0 Å². The highest BCUT2D eigenvalue weighted by atomic mass is 31.2. The standard InChI is InChI=1S/C25H48NO11P/c1-2-3-4-5-6-7-8-9-10-11-12-13-14-15-19(28)18(26-17-27)16-36-38(34,35)37-25-23(32)21(30)20(29)22(31)24(25)33/h14-15,17-25,28-33H,2-13,16H2,1H3,(H,26,27)(H,34,35)/b15-14+/t18-,19+,20?,21-,22+,23+,24+,25?/m0/s1. The summed E-state index contributed by atoms with van der Waals surface area (Å²) in [4.78, 5) is 20.9. The molecule has 1 saturated carbocycles. The fourth-order valence-electron chi connectivity index (χ4n) is 4.31. The maximum atomic E-state index is 12.3. The third kappa shape index (κ3) is 13.0. The lowest BCUT2D eigenvalue weighted by molar-refractivity contribution is -0.220. The molecule has 1 amide bonds. The van der Waals surface area contributed by atoms with Gasteiger partial charge in [-0.1, -0.05) is 83.3 Å². The Hall–Kier alpha value is -0.920. The Balaban J connectivity index is 2.38. The number of phosphoric ester groups is 1. The first-order valence-electron chi connectivity index (χ1n) is 13.7. The van der Waals surface area contributed by atoms with E-state index in [4.69, 9.17) is 9.05 Å². The Kier molecular flexibility index (Phi) is 17.7. The SMILES string of the molecule is CCCCCCCCCCCCC/C=C/[C@@H](O)[C@H](COP(=O)(O)OC1[C@H](O)[C@H](O)C(O)[C@H](O)[C@H]1O)NC=O. The molecular weight excluding hydrogens is 521 g/mol. The number of carbonyl (C=O) groups is 1. The zero-order valence-electron chi connectivity index (χ0n) is 22.3. The molecule has 224 valence electrons. The van der Waals surface area contributed by atoms with Crippen molar-refractivity contribution in [2.24, 2.45) is 0 Å². The van der Waals surface area contributed by atoms with Crippen LogP contribution in [0.2, 0.25) is 0 Å². The van der Waals surface area contributed by atoms with Gasteiger partial charge in [0.2, 0.25) is 6.41 Å². The van der Waals surface area contributed by atoms with Crippen LogP contribution in [0.15, 0.2) is 12.2 Å². The zero-order valence-corrected chi connectivity index (χ0v) is 23.1. The minimum absolute atomic E-state index is 0.292. The van der Waals surface area contributed by atoms with Gasteiger partial charge in [-0.25, -0.2) is 4.57 Å². The minimum atomic E-state index is -5.00. The van der Waals surface area contributed by atoms with Gasteiger partial charge < -0.3 is 40.8 Å². The summed E-state index contributed by atoms with van der Waals surface area (Å²) in [6, 6.07) is -1.11. The van der Waals surface area contributed by atoms with Crippen molar-refractivity contribution >= 4 is 14.2 Å². The first-order valence-corrected chi connectivity index (χ1v) is 15.2. The summed E-state index contributed by atoms with van der Waals surface area (Å²) in [7, 11) is -5.00. The average molecular weight is 570 g/mol. The number of hydrogen-bond acceptors (Lipinski definition) is 10. The fourth-order valence-corrected chi connectivity index (χ4v) is 5.28. The lowest BCUT2D eigenvalue weighted by Crippen LogP contribution is -2.64. The van der Waals surface area contributed by atoms with E-state index in [2.05, 4.69) is 12.2 Å². The van der Waals surface area contributed by atoms with Gasteiger partial charge in [0.05, 0.1) is 18.8 Å². The van der Waals surface area contributed by atoms with Crippen molar-refractivity contribution in [2.45, 2.75) is 133 Å². The molecule has 13 heteroatoms. The van der Waals surface area contributed by atoms with Gasteiger partial charge in [0.1, 0.15) is 36.6 Å². The summed E-state index contributed by atoms with van der Waals surface area (Å²) in [5.41, 5.74) is 0. The molecule has 0 spiro atoms. The molecule has 8 N–H and O–H groups in total. The van der Waals surface area contributed by atoms with Crippen LogP contribution in [-0.4, -0.2) is 97.3 Å². The van der Waals surface area contributed by atoms with E-state index in [0.29, 0.717) is 6.41 Å². The number of phosphoric acid groups is 1. The molecule has 1 fully saturated rings. The molecule has 1 aliphatic carbocycles. The van der Waals surface area contributed by atoms with Crippen LogP contribution in [0.3, 0.4) is 0 Å². The molecule has 0 radical (unpaired) electrons. The molecule has 0 heterocycles. The van der Waals surface area contributed by atoms with E-state index in [9.17, 15) is 44.9 Å². The molecule has 12 nitrogen and oxygen atoms in total. The largest absolute Gasteiger partial charge is 0.472 e. The van der Waals surface area contributed by atoms with Crippen LogP contribution in [0.1, 0.15) is 84.0 Å². The zero-order chi connectivity index (χ0) is 28.6. The normalized spacial score (nSPS) is 29.2. The maximum absolute atomic E-state index is 12.3. The summed E-state index contributed by atoms with van der Waals surface area (Å²) in [5.74, 6) is 0. The van der Waals surface area contributed by atoms with Gasteiger partial charge in [-0.05, 0) is 12.8 Å². The monoisotopic (exact) mass is 569 g/mol. The van der Waals surface area contributed by atoms with Crippen molar-refractivity contribution in [3.63, 3.8) is 0 Å². The third-order valence-electron chi connectivity index (χ3n) is 6.75. The van der Waals surface area contributed by atoms with E-state index < -0.39 is 63.2 Å². The van der Waals surface area contributed by atoms with E-state index >= 15 is 0 Å². The van der Waals surface area contributed by atoms with E-state index in [-0.39, 0.29) is 0 Å². The number of aliphatic hydroxyl groups excluding tert-OH is 6. The minimum Gasteiger partial charge on any atom is -0.387 e. The molecule has 1 rings (SSSR count). The molecule has 0 aromatic rings. The summed E-state index contributed by atoms with van der Waals surface area (Å²) < 4.78 is 21.9. The number of aliphatic hydroxyl groups is 6. The number of allylic oxidation sites excluding steroid dienone is 1. The van der Waals surface area contributed by atoms with Gasteiger partial charge in [0, 0.05) is 0 Å². The Morgan fingerprint density at radius 1 is 0.816 bits per heavy atom. The van der Waals surface area contributed by atoms with Gasteiger partial charge in [0.25, 0.3) is 0 Å². The van der Waals surface area contributed by atoms with Crippen LogP contribution >= 0.6 is 7.82 Å². The van der Waals surface area contributed by atoms with Crippen molar-refractivity contribution in [2.75, 3.05) is 6.61 Å². The summed E-state index contributed by atoms with van der Waals surface area (Å²) in [6.45, 7) is 1.55. The second kappa shape index (κ2) is 19.2. The summed E-state index contributed by atoms with van der Waals surface area (Å²) in [5, 5.41) is 61.6. The maximum Gasteiger partial charge on any atom is 0.472 e. The van der Waals surface area contributed by atoms with Crippen molar-refractivity contribution in [3.05, 3.63) is 12.2 Å². The van der Waals surface area contributed by atoms with Crippen LogP contribution in [0, 0.1) is 0 Å². The molecule has 38 heavy (non-hydrogen) atoms. The van der Waals surface area contributed by atoms with E-state index in [1.165, 1.54) is 57.4 Å². The first kappa shape index (κ1) is 35.1. The first-order chi connectivity index (χ1) is 18.1. The number of amides is 1. The quantitative estimate of drug-likeness (QED) is 0.0424. The lowest BCUT2D eigenvalue weighted by Gasteiger charge is -2.41. The Morgan fingerprint density at radius 2 is 1.29 bits per heavy atom. The Bertz CT molecular complexity index is 697. The Labute approximate surface area is 225 Å². The van der Waals surface area contributed by atoms with Crippen LogP contribution in [-0.2, 0) is 18.4 Å². The van der Waals surface area contributed by atoms with E-state index in [1.54, 1.807) is 6.08 Å². The molecule has 0 saturated heterocycles. The second-order valence-corrected chi connectivity index (χ2v) is 11.3. The highest BCUT2D eigenvalue weighted by molar-refractivity contribution is 7.47.